The summed E-state index contributed by atoms with van der Waals surface area (Å²) in [5, 5.41) is 24.8. The summed E-state index contributed by atoms with van der Waals surface area (Å²) in [5.41, 5.74) is 4.84. The molecule has 0 aliphatic carbocycles. The molecule has 2 heterocycles. The third kappa shape index (κ3) is 3.83. The number of fused-ring (bicyclic) bond motifs is 1. The number of hydrogen-bond donors (Lipinski definition) is 0. The van der Waals surface area contributed by atoms with Crippen molar-refractivity contribution in [3.8, 4) is 33.5 Å². The first kappa shape index (κ1) is 20.5. The van der Waals surface area contributed by atoms with Gasteiger partial charge in [0.15, 0.2) is 6.20 Å². The van der Waals surface area contributed by atoms with Gasteiger partial charge in [0, 0.05) is 41.5 Å². The lowest BCUT2D eigenvalue weighted by Gasteiger charge is -2.09. The van der Waals surface area contributed by atoms with Crippen molar-refractivity contribution in [2.24, 2.45) is 0 Å². The van der Waals surface area contributed by atoms with E-state index in [9.17, 15) is 20.2 Å². The second kappa shape index (κ2) is 8.25. The van der Waals surface area contributed by atoms with Crippen molar-refractivity contribution in [2.75, 3.05) is 0 Å². The van der Waals surface area contributed by atoms with Crippen LogP contribution in [0, 0.1) is 20.2 Å². The molecule has 0 radical (unpaired) electrons. The highest BCUT2D eigenvalue weighted by Gasteiger charge is 2.22. The maximum absolute atomic E-state index is 11.4. The van der Waals surface area contributed by atoms with Crippen LogP contribution in [-0.2, 0) is 0 Å². The highest BCUT2D eigenvalue weighted by molar-refractivity contribution is 7.15. The van der Waals surface area contributed by atoms with Crippen LogP contribution in [0.15, 0.2) is 96.5 Å². The van der Waals surface area contributed by atoms with Gasteiger partial charge in [-0.3, -0.25) is 20.2 Å². The summed E-state index contributed by atoms with van der Waals surface area (Å²) < 4.78 is 2.05. The molecule has 0 aliphatic rings. The van der Waals surface area contributed by atoms with Crippen molar-refractivity contribution in [3.05, 3.63) is 117 Å². The molecule has 33 heavy (non-hydrogen) atoms. The van der Waals surface area contributed by atoms with Crippen molar-refractivity contribution in [2.45, 2.75) is 0 Å². The number of rotatable bonds is 5. The number of aromatic nitrogens is 1. The minimum Gasteiger partial charge on any atom is -0.258 e. The molecule has 0 amide bonds. The van der Waals surface area contributed by atoms with Crippen LogP contribution in [0.4, 0.5) is 11.4 Å². The van der Waals surface area contributed by atoms with Gasteiger partial charge in [0.1, 0.15) is 0 Å². The van der Waals surface area contributed by atoms with Gasteiger partial charge in [0.25, 0.3) is 16.2 Å². The van der Waals surface area contributed by atoms with E-state index >= 15 is 0 Å². The Morgan fingerprint density at radius 3 is 1.85 bits per heavy atom. The molecule has 0 saturated heterocycles. The van der Waals surface area contributed by atoms with Gasteiger partial charge in [0.05, 0.1) is 20.8 Å². The zero-order valence-electron chi connectivity index (χ0n) is 17.1. The van der Waals surface area contributed by atoms with E-state index < -0.39 is 9.85 Å². The molecule has 2 aromatic heterocycles. The lowest BCUT2D eigenvalue weighted by atomic mass is 9.95. The molecule has 0 aliphatic heterocycles. The first-order chi connectivity index (χ1) is 16.0. The smallest absolute Gasteiger partial charge is 0.258 e. The summed E-state index contributed by atoms with van der Waals surface area (Å²) in [6.45, 7) is 0. The molecule has 5 rings (SSSR count). The fourth-order valence-corrected chi connectivity index (χ4v) is 4.78. The Hall–Kier alpha value is -4.43. The van der Waals surface area contributed by atoms with Crippen molar-refractivity contribution < 1.29 is 14.2 Å². The maximum atomic E-state index is 11.4. The minimum atomic E-state index is -0.428. The topological polar surface area (TPSA) is 90.4 Å². The monoisotopic (exact) mass is 454 g/mol. The SMILES string of the molecule is O=[N+]([O-])c1cccc(-c2cc3scc(-c4ccccc4)[n+]3cc2-c2cccc([N+](=O)[O-])c2)c1. The lowest BCUT2D eigenvalue weighted by Crippen LogP contribution is -2.21. The van der Waals surface area contributed by atoms with Gasteiger partial charge in [-0.2, -0.15) is 0 Å². The van der Waals surface area contributed by atoms with Crippen LogP contribution >= 0.6 is 11.3 Å². The summed E-state index contributed by atoms with van der Waals surface area (Å²) in [6, 6.07) is 24.8. The number of nitro benzene ring substituents is 2. The van der Waals surface area contributed by atoms with E-state index in [0.29, 0.717) is 11.1 Å². The number of benzene rings is 3. The molecular weight excluding hydrogens is 438 g/mol. The Kier molecular flexibility index (Phi) is 5.12. The zero-order chi connectivity index (χ0) is 22.9. The van der Waals surface area contributed by atoms with Crippen molar-refractivity contribution >= 4 is 27.5 Å². The molecule has 3 aromatic carbocycles. The van der Waals surface area contributed by atoms with Gasteiger partial charge in [-0.15, -0.1) is 4.40 Å². The number of hydrogen-bond acceptors (Lipinski definition) is 5. The highest BCUT2D eigenvalue weighted by atomic mass is 32.1. The number of nitro groups is 2. The second-order valence-electron chi connectivity index (χ2n) is 7.41. The largest absolute Gasteiger partial charge is 0.270 e. The average Bonchev–Trinajstić information content (AvgIpc) is 3.27. The van der Waals surface area contributed by atoms with Crippen molar-refractivity contribution in [3.63, 3.8) is 0 Å². The fraction of sp³-hybridized carbons (Fsp3) is 0. The summed E-state index contributed by atoms with van der Waals surface area (Å²) in [4.78, 5) is 22.8. The van der Waals surface area contributed by atoms with Crippen LogP contribution in [0.3, 0.4) is 0 Å². The van der Waals surface area contributed by atoms with Crippen molar-refractivity contribution in [1.82, 2.24) is 0 Å². The van der Waals surface area contributed by atoms with Gasteiger partial charge in [-0.1, -0.05) is 53.8 Å². The lowest BCUT2D eigenvalue weighted by molar-refractivity contribution is -0.494. The standard InChI is InChI=1S/C25H16N3O4S/c29-27(30)20-10-4-8-18(12-20)22-14-25-26(24(16-33-25)17-6-2-1-3-7-17)15-23(22)19-9-5-11-21(13-19)28(31)32/h1-16H/q+1. The molecular formula is C25H16N3O4S+. The third-order valence-corrected chi connectivity index (χ3v) is 6.31. The van der Waals surface area contributed by atoms with Gasteiger partial charge in [-0.05, 0) is 23.3 Å². The molecule has 0 unspecified atom stereocenters. The Labute approximate surface area is 192 Å². The van der Waals surface area contributed by atoms with E-state index in [1.54, 1.807) is 23.5 Å². The van der Waals surface area contributed by atoms with Gasteiger partial charge in [-0.25, -0.2) is 0 Å². The average molecular weight is 454 g/mol. The summed E-state index contributed by atoms with van der Waals surface area (Å²) >= 11 is 1.56. The van der Waals surface area contributed by atoms with Gasteiger partial charge >= 0.3 is 0 Å². The maximum Gasteiger partial charge on any atom is 0.270 e. The van der Waals surface area contributed by atoms with E-state index in [0.717, 1.165) is 27.2 Å². The van der Waals surface area contributed by atoms with Crippen LogP contribution in [0.2, 0.25) is 0 Å². The normalized spacial score (nSPS) is 10.9. The van der Waals surface area contributed by atoms with Crippen molar-refractivity contribution in [1.29, 1.82) is 0 Å². The van der Waals surface area contributed by atoms with Crippen LogP contribution in [0.25, 0.3) is 38.3 Å². The van der Waals surface area contributed by atoms with E-state index in [-0.39, 0.29) is 11.4 Å². The molecule has 0 atom stereocenters. The molecule has 0 spiro atoms. The van der Waals surface area contributed by atoms with Crippen LogP contribution in [0.1, 0.15) is 0 Å². The summed E-state index contributed by atoms with van der Waals surface area (Å²) in [7, 11) is 0. The van der Waals surface area contributed by atoms with Gasteiger partial charge < -0.3 is 0 Å². The molecule has 0 bridgehead atoms. The predicted molar refractivity (Wildman–Crippen MR) is 127 cm³/mol. The van der Waals surface area contributed by atoms with E-state index in [1.165, 1.54) is 24.3 Å². The number of pyridine rings is 1. The molecule has 160 valence electrons. The first-order valence-electron chi connectivity index (χ1n) is 10.0. The van der Waals surface area contributed by atoms with E-state index in [4.69, 9.17) is 0 Å². The summed E-state index contributed by atoms with van der Waals surface area (Å²) in [6.07, 6.45) is 1.95. The third-order valence-electron chi connectivity index (χ3n) is 5.41. The molecule has 0 fully saturated rings. The molecule has 8 heteroatoms. The second-order valence-corrected chi connectivity index (χ2v) is 8.30. The Bertz CT molecular complexity index is 1530. The number of thiazole rings is 1. The minimum absolute atomic E-state index is 0.0126. The summed E-state index contributed by atoms with van der Waals surface area (Å²) in [5.74, 6) is 0. The first-order valence-corrected chi connectivity index (χ1v) is 10.9. The number of nitrogens with zero attached hydrogens (tertiary/aromatic N) is 3. The molecule has 7 nitrogen and oxygen atoms in total. The Morgan fingerprint density at radius 2 is 1.24 bits per heavy atom. The highest BCUT2D eigenvalue weighted by Crippen LogP contribution is 2.36. The molecule has 0 N–H and O–H groups in total. The Morgan fingerprint density at radius 1 is 0.667 bits per heavy atom. The van der Waals surface area contributed by atoms with E-state index in [2.05, 4.69) is 9.78 Å². The Balaban J connectivity index is 1.80. The quantitative estimate of drug-likeness (QED) is 0.177. The predicted octanol–water partition coefficient (Wildman–Crippen LogP) is 6.30. The van der Waals surface area contributed by atoms with Crippen LogP contribution in [0.5, 0.6) is 0 Å². The van der Waals surface area contributed by atoms with Crippen LogP contribution < -0.4 is 4.40 Å². The fourth-order valence-electron chi connectivity index (χ4n) is 3.84. The zero-order valence-corrected chi connectivity index (χ0v) is 17.9. The number of non-ortho nitro benzene ring substituents is 2. The van der Waals surface area contributed by atoms with E-state index in [1.807, 2.05) is 54.7 Å². The van der Waals surface area contributed by atoms with Gasteiger partial charge in [0.2, 0.25) is 5.69 Å². The van der Waals surface area contributed by atoms with Crippen LogP contribution in [-0.4, -0.2) is 9.85 Å². The molecule has 0 saturated carbocycles. The molecule has 5 aromatic rings.